The van der Waals surface area contributed by atoms with Crippen LogP contribution in [-0.4, -0.2) is 25.7 Å². The zero-order chi connectivity index (χ0) is 14.3. The molecule has 0 aromatic heterocycles. The average molecular weight is 266 g/mol. The van der Waals surface area contributed by atoms with Crippen molar-refractivity contribution in [2.24, 2.45) is 17.4 Å². The lowest BCUT2D eigenvalue weighted by Gasteiger charge is -2.17. The van der Waals surface area contributed by atoms with Crippen molar-refractivity contribution in [1.29, 1.82) is 0 Å². The Kier molecular flexibility index (Phi) is 6.15. The summed E-state index contributed by atoms with van der Waals surface area (Å²) in [5.74, 6) is 0.600. The summed E-state index contributed by atoms with van der Waals surface area (Å²) in [5.41, 5.74) is 11.8. The van der Waals surface area contributed by atoms with Crippen molar-refractivity contribution in [3.8, 4) is 11.5 Å². The SMILES string of the molecule is CCOc1cccc(CCN)c1OCC(C)C(N)=O. The van der Waals surface area contributed by atoms with Gasteiger partial charge in [-0.3, -0.25) is 4.79 Å². The number of carbonyl (C=O) groups is 1. The van der Waals surface area contributed by atoms with Gasteiger partial charge in [-0.25, -0.2) is 0 Å². The lowest BCUT2D eigenvalue weighted by molar-refractivity contribution is -0.122. The Morgan fingerprint density at radius 3 is 2.68 bits per heavy atom. The van der Waals surface area contributed by atoms with Crippen LogP contribution in [0.5, 0.6) is 11.5 Å². The molecule has 106 valence electrons. The van der Waals surface area contributed by atoms with E-state index in [0.29, 0.717) is 31.1 Å². The van der Waals surface area contributed by atoms with Crippen molar-refractivity contribution in [3.63, 3.8) is 0 Å². The molecule has 0 aliphatic carbocycles. The number of hydrogen-bond acceptors (Lipinski definition) is 4. The summed E-state index contributed by atoms with van der Waals surface area (Å²) >= 11 is 0. The molecule has 19 heavy (non-hydrogen) atoms. The van der Waals surface area contributed by atoms with Crippen LogP contribution in [0.2, 0.25) is 0 Å². The van der Waals surface area contributed by atoms with Crippen LogP contribution in [0.4, 0.5) is 0 Å². The molecule has 0 bridgehead atoms. The Bertz CT molecular complexity index is 397. The van der Waals surface area contributed by atoms with Gasteiger partial charge in [-0.1, -0.05) is 19.1 Å². The zero-order valence-electron chi connectivity index (χ0n) is 11.5. The third-order valence-electron chi connectivity index (χ3n) is 2.74. The Morgan fingerprint density at radius 2 is 2.11 bits per heavy atom. The number of primary amides is 1. The van der Waals surface area contributed by atoms with E-state index in [-0.39, 0.29) is 18.4 Å². The molecule has 0 aliphatic rings. The second kappa shape index (κ2) is 7.63. The Balaban J connectivity index is 2.89. The number of hydrogen-bond donors (Lipinski definition) is 2. The van der Waals surface area contributed by atoms with E-state index < -0.39 is 0 Å². The molecule has 1 rings (SSSR count). The first-order valence-corrected chi connectivity index (χ1v) is 6.47. The van der Waals surface area contributed by atoms with Crippen LogP contribution < -0.4 is 20.9 Å². The number of ether oxygens (including phenoxy) is 2. The van der Waals surface area contributed by atoms with Gasteiger partial charge >= 0.3 is 0 Å². The van der Waals surface area contributed by atoms with Crippen LogP contribution in [0.1, 0.15) is 19.4 Å². The monoisotopic (exact) mass is 266 g/mol. The van der Waals surface area contributed by atoms with Gasteiger partial charge in [-0.15, -0.1) is 0 Å². The molecule has 0 spiro atoms. The zero-order valence-corrected chi connectivity index (χ0v) is 11.5. The minimum Gasteiger partial charge on any atom is -0.490 e. The van der Waals surface area contributed by atoms with Gasteiger partial charge in [0, 0.05) is 0 Å². The summed E-state index contributed by atoms with van der Waals surface area (Å²) in [5, 5.41) is 0. The van der Waals surface area contributed by atoms with E-state index in [9.17, 15) is 4.79 Å². The highest BCUT2D eigenvalue weighted by Gasteiger charge is 2.14. The van der Waals surface area contributed by atoms with E-state index in [1.807, 2.05) is 25.1 Å². The fourth-order valence-corrected chi connectivity index (χ4v) is 1.64. The third kappa shape index (κ3) is 4.44. The van der Waals surface area contributed by atoms with Gasteiger partial charge in [0.15, 0.2) is 11.5 Å². The summed E-state index contributed by atoms with van der Waals surface area (Å²) in [6, 6.07) is 5.69. The molecule has 0 heterocycles. The molecule has 0 radical (unpaired) electrons. The maximum Gasteiger partial charge on any atom is 0.223 e. The smallest absolute Gasteiger partial charge is 0.223 e. The Morgan fingerprint density at radius 1 is 1.37 bits per heavy atom. The van der Waals surface area contributed by atoms with Crippen LogP contribution in [-0.2, 0) is 11.2 Å². The topological polar surface area (TPSA) is 87.6 Å². The molecule has 5 nitrogen and oxygen atoms in total. The highest BCUT2D eigenvalue weighted by Crippen LogP contribution is 2.32. The molecule has 0 fully saturated rings. The maximum atomic E-state index is 11.0. The quantitative estimate of drug-likeness (QED) is 0.737. The first-order valence-electron chi connectivity index (χ1n) is 6.47. The largest absolute Gasteiger partial charge is 0.490 e. The number of carbonyl (C=O) groups excluding carboxylic acids is 1. The Hall–Kier alpha value is -1.75. The van der Waals surface area contributed by atoms with Crippen molar-refractivity contribution in [3.05, 3.63) is 23.8 Å². The van der Waals surface area contributed by atoms with Crippen molar-refractivity contribution in [1.82, 2.24) is 0 Å². The summed E-state index contributed by atoms with van der Waals surface area (Å²) in [4.78, 5) is 11.0. The molecular weight excluding hydrogens is 244 g/mol. The second-order valence-electron chi connectivity index (χ2n) is 4.33. The molecule has 1 amide bonds. The van der Waals surface area contributed by atoms with Crippen molar-refractivity contribution >= 4 is 5.91 Å². The van der Waals surface area contributed by atoms with Crippen LogP contribution in [0.3, 0.4) is 0 Å². The van der Waals surface area contributed by atoms with Crippen LogP contribution >= 0.6 is 0 Å². The molecule has 1 atom stereocenters. The van der Waals surface area contributed by atoms with Gasteiger partial charge in [0.25, 0.3) is 0 Å². The minimum absolute atomic E-state index is 0.233. The standard InChI is InChI=1S/C14H22N2O3/c1-3-18-12-6-4-5-11(7-8-15)13(12)19-9-10(2)14(16)17/h4-6,10H,3,7-9,15H2,1-2H3,(H2,16,17). The van der Waals surface area contributed by atoms with E-state index in [0.717, 1.165) is 5.56 Å². The maximum absolute atomic E-state index is 11.0. The highest BCUT2D eigenvalue weighted by atomic mass is 16.5. The molecule has 1 unspecified atom stereocenters. The van der Waals surface area contributed by atoms with Crippen molar-refractivity contribution in [2.75, 3.05) is 19.8 Å². The normalized spacial score (nSPS) is 11.9. The van der Waals surface area contributed by atoms with E-state index in [1.165, 1.54) is 0 Å². The molecule has 0 saturated heterocycles. The van der Waals surface area contributed by atoms with Gasteiger partial charge in [-0.05, 0) is 31.5 Å². The lowest BCUT2D eigenvalue weighted by atomic mass is 10.1. The Labute approximate surface area is 113 Å². The van der Waals surface area contributed by atoms with E-state index in [1.54, 1.807) is 6.92 Å². The fourth-order valence-electron chi connectivity index (χ4n) is 1.64. The molecule has 1 aromatic carbocycles. The van der Waals surface area contributed by atoms with Gasteiger partial charge in [0.2, 0.25) is 5.91 Å². The van der Waals surface area contributed by atoms with Crippen LogP contribution in [0, 0.1) is 5.92 Å². The number of rotatable bonds is 8. The lowest BCUT2D eigenvalue weighted by Crippen LogP contribution is -2.26. The molecule has 5 heteroatoms. The first-order chi connectivity index (χ1) is 9.10. The van der Waals surface area contributed by atoms with Crippen molar-refractivity contribution in [2.45, 2.75) is 20.3 Å². The molecule has 0 aliphatic heterocycles. The number of para-hydroxylation sites is 1. The fraction of sp³-hybridized carbons (Fsp3) is 0.500. The van der Waals surface area contributed by atoms with E-state index in [4.69, 9.17) is 20.9 Å². The molecule has 1 aromatic rings. The second-order valence-corrected chi connectivity index (χ2v) is 4.33. The number of amides is 1. The van der Waals surface area contributed by atoms with Crippen LogP contribution in [0.25, 0.3) is 0 Å². The highest BCUT2D eigenvalue weighted by molar-refractivity contribution is 5.76. The first kappa shape index (κ1) is 15.3. The van der Waals surface area contributed by atoms with Gasteiger partial charge in [0.1, 0.15) is 0 Å². The summed E-state index contributed by atoms with van der Waals surface area (Å²) in [6.07, 6.45) is 0.696. The summed E-state index contributed by atoms with van der Waals surface area (Å²) in [6.45, 7) is 4.95. The van der Waals surface area contributed by atoms with E-state index >= 15 is 0 Å². The molecule has 0 saturated carbocycles. The molecule has 4 N–H and O–H groups in total. The predicted molar refractivity (Wildman–Crippen MR) is 74.2 cm³/mol. The average Bonchev–Trinajstić information content (AvgIpc) is 2.38. The van der Waals surface area contributed by atoms with Gasteiger partial charge < -0.3 is 20.9 Å². The van der Waals surface area contributed by atoms with Crippen LogP contribution in [0.15, 0.2) is 18.2 Å². The summed E-state index contributed by atoms with van der Waals surface area (Å²) < 4.78 is 11.2. The summed E-state index contributed by atoms with van der Waals surface area (Å²) in [7, 11) is 0. The predicted octanol–water partition coefficient (Wildman–Crippen LogP) is 1.09. The minimum atomic E-state index is -0.380. The molecular formula is C14H22N2O3. The van der Waals surface area contributed by atoms with Gasteiger partial charge in [-0.2, -0.15) is 0 Å². The van der Waals surface area contributed by atoms with E-state index in [2.05, 4.69) is 0 Å². The van der Waals surface area contributed by atoms with Crippen molar-refractivity contribution < 1.29 is 14.3 Å². The third-order valence-corrected chi connectivity index (χ3v) is 2.74. The van der Waals surface area contributed by atoms with Gasteiger partial charge in [0.05, 0.1) is 19.1 Å². The number of nitrogens with two attached hydrogens (primary N) is 2. The number of benzene rings is 1.